The van der Waals surface area contributed by atoms with E-state index >= 15 is 0 Å². The standard InChI is InChI=1S/C24H30N2O4/c1-25(13-11-19-9-10-21(29-2)22(15-19)30-3)24(28)20-16-23(27)26(17-20)14-12-18-7-5-4-6-8-18/h4-10,15,20H,11-14,16-17H2,1-3H3. The molecular formula is C24H30N2O4. The summed E-state index contributed by atoms with van der Waals surface area (Å²) in [5, 5.41) is 0. The van der Waals surface area contributed by atoms with E-state index in [9.17, 15) is 9.59 Å². The van der Waals surface area contributed by atoms with Crippen LogP contribution < -0.4 is 9.47 Å². The highest BCUT2D eigenvalue weighted by Gasteiger charge is 2.35. The number of likely N-dealkylation sites (N-methyl/N-ethyl adjacent to an activating group) is 1. The van der Waals surface area contributed by atoms with Crippen molar-refractivity contribution in [2.24, 2.45) is 5.92 Å². The summed E-state index contributed by atoms with van der Waals surface area (Å²) in [4.78, 5) is 28.8. The fourth-order valence-corrected chi connectivity index (χ4v) is 3.82. The molecule has 2 aromatic carbocycles. The van der Waals surface area contributed by atoms with Gasteiger partial charge in [0.15, 0.2) is 11.5 Å². The minimum Gasteiger partial charge on any atom is -0.493 e. The second kappa shape index (κ2) is 10.1. The molecule has 1 heterocycles. The van der Waals surface area contributed by atoms with E-state index in [-0.39, 0.29) is 17.7 Å². The Morgan fingerprint density at radius 1 is 1.03 bits per heavy atom. The van der Waals surface area contributed by atoms with Crippen LogP contribution in [0.2, 0.25) is 0 Å². The summed E-state index contributed by atoms with van der Waals surface area (Å²) in [6.45, 7) is 1.75. The maximum absolute atomic E-state index is 12.9. The molecule has 1 aliphatic heterocycles. The van der Waals surface area contributed by atoms with Gasteiger partial charge in [-0.3, -0.25) is 9.59 Å². The van der Waals surface area contributed by atoms with Crippen LogP contribution in [0.3, 0.4) is 0 Å². The molecule has 1 unspecified atom stereocenters. The van der Waals surface area contributed by atoms with Gasteiger partial charge in [-0.2, -0.15) is 0 Å². The van der Waals surface area contributed by atoms with Gasteiger partial charge in [0.1, 0.15) is 0 Å². The lowest BCUT2D eigenvalue weighted by atomic mass is 10.1. The molecule has 0 radical (unpaired) electrons. The molecule has 0 bridgehead atoms. The van der Waals surface area contributed by atoms with E-state index in [1.165, 1.54) is 5.56 Å². The zero-order valence-corrected chi connectivity index (χ0v) is 18.0. The molecule has 0 aromatic heterocycles. The lowest BCUT2D eigenvalue weighted by Gasteiger charge is -2.22. The Morgan fingerprint density at radius 3 is 2.47 bits per heavy atom. The average Bonchev–Trinajstić information content (AvgIpc) is 3.16. The summed E-state index contributed by atoms with van der Waals surface area (Å²) < 4.78 is 10.6. The van der Waals surface area contributed by atoms with Gasteiger partial charge in [-0.25, -0.2) is 0 Å². The zero-order chi connectivity index (χ0) is 21.5. The highest BCUT2D eigenvalue weighted by atomic mass is 16.5. The maximum Gasteiger partial charge on any atom is 0.227 e. The summed E-state index contributed by atoms with van der Waals surface area (Å²) in [6.07, 6.45) is 1.82. The third kappa shape index (κ3) is 5.32. The summed E-state index contributed by atoms with van der Waals surface area (Å²) in [5.74, 6) is 1.21. The molecule has 1 saturated heterocycles. The lowest BCUT2D eigenvalue weighted by molar-refractivity contribution is -0.134. The molecule has 3 rings (SSSR count). The first kappa shape index (κ1) is 21.7. The predicted molar refractivity (Wildman–Crippen MR) is 116 cm³/mol. The van der Waals surface area contributed by atoms with Gasteiger partial charge in [-0.1, -0.05) is 36.4 Å². The number of benzene rings is 2. The monoisotopic (exact) mass is 410 g/mol. The van der Waals surface area contributed by atoms with E-state index < -0.39 is 0 Å². The first-order valence-electron chi connectivity index (χ1n) is 10.3. The number of carbonyl (C=O) groups is 2. The Morgan fingerprint density at radius 2 is 1.77 bits per heavy atom. The molecule has 2 amide bonds. The second-order valence-corrected chi connectivity index (χ2v) is 7.68. The van der Waals surface area contributed by atoms with Crippen LogP contribution in [0, 0.1) is 5.92 Å². The van der Waals surface area contributed by atoms with Crippen molar-refractivity contribution in [3.63, 3.8) is 0 Å². The van der Waals surface area contributed by atoms with Gasteiger partial charge in [0, 0.05) is 33.1 Å². The van der Waals surface area contributed by atoms with Crippen molar-refractivity contribution in [2.45, 2.75) is 19.3 Å². The third-order valence-corrected chi connectivity index (χ3v) is 5.64. The van der Waals surface area contributed by atoms with Crippen LogP contribution in [0.15, 0.2) is 48.5 Å². The van der Waals surface area contributed by atoms with Crippen LogP contribution in [0.5, 0.6) is 11.5 Å². The highest BCUT2D eigenvalue weighted by Crippen LogP contribution is 2.28. The van der Waals surface area contributed by atoms with Crippen molar-refractivity contribution >= 4 is 11.8 Å². The molecule has 0 aliphatic carbocycles. The van der Waals surface area contributed by atoms with Crippen LogP contribution in [-0.2, 0) is 22.4 Å². The van der Waals surface area contributed by atoms with Crippen molar-refractivity contribution in [3.8, 4) is 11.5 Å². The van der Waals surface area contributed by atoms with Gasteiger partial charge in [-0.05, 0) is 36.1 Å². The predicted octanol–water partition coefficient (Wildman–Crippen LogP) is 2.80. The van der Waals surface area contributed by atoms with E-state index in [1.807, 2.05) is 41.3 Å². The lowest BCUT2D eigenvalue weighted by Crippen LogP contribution is -2.36. The Bertz CT molecular complexity index is 869. The van der Waals surface area contributed by atoms with Gasteiger partial charge in [0.2, 0.25) is 11.8 Å². The normalized spacial score (nSPS) is 15.9. The topological polar surface area (TPSA) is 59.1 Å². The van der Waals surface area contributed by atoms with Crippen molar-refractivity contribution in [3.05, 3.63) is 59.7 Å². The fraction of sp³-hybridized carbons (Fsp3) is 0.417. The molecule has 6 nitrogen and oxygen atoms in total. The van der Waals surface area contributed by atoms with Gasteiger partial charge >= 0.3 is 0 Å². The fourth-order valence-electron chi connectivity index (χ4n) is 3.82. The number of amides is 2. The number of carbonyl (C=O) groups excluding carboxylic acids is 2. The Labute approximate surface area is 178 Å². The number of nitrogens with zero attached hydrogens (tertiary/aromatic N) is 2. The molecule has 1 fully saturated rings. The maximum atomic E-state index is 12.9. The quantitative estimate of drug-likeness (QED) is 0.638. The van der Waals surface area contributed by atoms with Crippen molar-refractivity contribution in [1.29, 1.82) is 0 Å². The Balaban J connectivity index is 1.50. The number of hydrogen-bond acceptors (Lipinski definition) is 4. The van der Waals surface area contributed by atoms with E-state index in [2.05, 4.69) is 12.1 Å². The molecule has 2 aromatic rings. The molecule has 0 saturated carbocycles. The summed E-state index contributed by atoms with van der Waals surface area (Å²) >= 11 is 0. The van der Waals surface area contributed by atoms with E-state index in [1.54, 1.807) is 26.2 Å². The SMILES string of the molecule is COc1ccc(CCN(C)C(=O)C2CC(=O)N(CCc3ccccc3)C2)cc1OC. The molecule has 1 atom stereocenters. The van der Waals surface area contributed by atoms with E-state index in [0.717, 1.165) is 12.0 Å². The molecule has 0 spiro atoms. The average molecular weight is 411 g/mol. The van der Waals surface area contributed by atoms with Crippen molar-refractivity contribution in [2.75, 3.05) is 40.9 Å². The van der Waals surface area contributed by atoms with Crippen molar-refractivity contribution in [1.82, 2.24) is 9.80 Å². The number of rotatable bonds is 9. The Kier molecular flexibility index (Phi) is 7.33. The molecular weight excluding hydrogens is 380 g/mol. The Hall–Kier alpha value is -3.02. The largest absolute Gasteiger partial charge is 0.493 e. The molecule has 1 aliphatic rings. The first-order valence-corrected chi connectivity index (χ1v) is 10.3. The first-order chi connectivity index (χ1) is 14.5. The van der Waals surface area contributed by atoms with Gasteiger partial charge in [0.25, 0.3) is 0 Å². The molecule has 160 valence electrons. The summed E-state index contributed by atoms with van der Waals surface area (Å²) in [7, 11) is 5.02. The summed E-state index contributed by atoms with van der Waals surface area (Å²) in [5.41, 5.74) is 2.27. The van der Waals surface area contributed by atoms with Gasteiger partial charge in [-0.15, -0.1) is 0 Å². The number of ether oxygens (including phenoxy) is 2. The van der Waals surface area contributed by atoms with Gasteiger partial charge in [0.05, 0.1) is 20.1 Å². The van der Waals surface area contributed by atoms with Crippen LogP contribution in [0.25, 0.3) is 0 Å². The minimum absolute atomic E-state index is 0.0334. The van der Waals surface area contributed by atoms with Gasteiger partial charge < -0.3 is 19.3 Å². The zero-order valence-electron chi connectivity index (χ0n) is 18.0. The van der Waals surface area contributed by atoms with E-state index in [0.29, 0.717) is 44.0 Å². The summed E-state index contributed by atoms with van der Waals surface area (Å²) in [6, 6.07) is 15.9. The van der Waals surface area contributed by atoms with Crippen LogP contribution >= 0.6 is 0 Å². The molecule has 30 heavy (non-hydrogen) atoms. The number of methoxy groups -OCH3 is 2. The van der Waals surface area contributed by atoms with Crippen LogP contribution in [0.4, 0.5) is 0 Å². The highest BCUT2D eigenvalue weighted by molar-refractivity contribution is 5.89. The number of hydrogen-bond donors (Lipinski definition) is 0. The molecule has 0 N–H and O–H groups in total. The second-order valence-electron chi connectivity index (χ2n) is 7.68. The third-order valence-electron chi connectivity index (χ3n) is 5.64. The number of likely N-dealkylation sites (tertiary alicyclic amines) is 1. The molecule has 6 heteroatoms. The smallest absolute Gasteiger partial charge is 0.227 e. The van der Waals surface area contributed by atoms with E-state index in [4.69, 9.17) is 9.47 Å². The van der Waals surface area contributed by atoms with Crippen molar-refractivity contribution < 1.29 is 19.1 Å². The minimum atomic E-state index is -0.260. The van der Waals surface area contributed by atoms with Crippen LogP contribution in [0.1, 0.15) is 17.5 Å². The van der Waals surface area contributed by atoms with Crippen LogP contribution in [-0.4, -0.2) is 62.5 Å².